The maximum Gasteiger partial charge on any atom is 0.373 e. The summed E-state index contributed by atoms with van der Waals surface area (Å²) in [4.78, 5) is 24.3. The average Bonchev–Trinajstić information content (AvgIpc) is 3.10. The summed E-state index contributed by atoms with van der Waals surface area (Å²) in [6, 6.07) is 13.4. The van der Waals surface area contributed by atoms with Gasteiger partial charge in [-0.25, -0.2) is 14.8 Å². The molecule has 1 aliphatic rings. The maximum absolute atomic E-state index is 12.0. The van der Waals surface area contributed by atoms with E-state index < -0.39 is 0 Å². The van der Waals surface area contributed by atoms with E-state index in [1.54, 1.807) is 4.57 Å². The number of hydrogen-bond donors (Lipinski definition) is 1. The molecule has 2 atom stereocenters. The van der Waals surface area contributed by atoms with Gasteiger partial charge < -0.3 is 9.72 Å². The summed E-state index contributed by atoms with van der Waals surface area (Å²) < 4.78 is 11.1. The van der Waals surface area contributed by atoms with Gasteiger partial charge in [0.15, 0.2) is 23.4 Å². The van der Waals surface area contributed by atoms with E-state index in [9.17, 15) is 4.79 Å². The smallest absolute Gasteiger partial charge is 0.373 e. The summed E-state index contributed by atoms with van der Waals surface area (Å²) in [7, 11) is 2.66. The first-order valence-corrected chi connectivity index (χ1v) is 10.0. The van der Waals surface area contributed by atoms with Crippen LogP contribution >= 0.6 is 21.2 Å². The van der Waals surface area contributed by atoms with Crippen molar-refractivity contribution in [2.75, 3.05) is 0 Å². The van der Waals surface area contributed by atoms with E-state index in [4.69, 9.17) is 4.74 Å². The van der Waals surface area contributed by atoms with Gasteiger partial charge in [-0.2, -0.15) is 8.96 Å². The van der Waals surface area contributed by atoms with Crippen LogP contribution in [0.1, 0.15) is 12.5 Å². The number of esters is 1. The molecule has 0 spiro atoms. The molecule has 3 heterocycles. The third kappa shape index (κ3) is 4.46. The first-order valence-electron chi connectivity index (χ1n) is 8.68. The molecule has 3 aromatic rings. The van der Waals surface area contributed by atoms with E-state index in [1.807, 2.05) is 61.8 Å². The van der Waals surface area contributed by atoms with Crippen LogP contribution in [0.3, 0.4) is 0 Å². The molecule has 1 N–H and O–H groups in total. The van der Waals surface area contributed by atoms with Crippen LogP contribution in [0.5, 0.6) is 0 Å². The Hall–Kier alpha value is -2.57. The van der Waals surface area contributed by atoms with Crippen LogP contribution < -0.4 is 15.5 Å². The van der Waals surface area contributed by atoms with Crippen molar-refractivity contribution in [3.63, 3.8) is 0 Å². The fourth-order valence-electron chi connectivity index (χ4n) is 2.66. The van der Waals surface area contributed by atoms with Gasteiger partial charge in [-0.05, 0) is 12.5 Å². The number of H-pyrrole nitrogens is 1. The largest absolute Gasteiger partial charge is 0.456 e. The second kappa shape index (κ2) is 7.81. The summed E-state index contributed by atoms with van der Waals surface area (Å²) >= 11 is 1.38. The zero-order chi connectivity index (χ0) is 19.6. The molecule has 9 heteroatoms. The van der Waals surface area contributed by atoms with Gasteiger partial charge in [0.1, 0.15) is 17.0 Å². The van der Waals surface area contributed by atoms with Gasteiger partial charge in [-0.3, -0.25) is 0 Å². The molecule has 0 fully saturated rings. The molecular formula is C19H19N5O2PS+. The van der Waals surface area contributed by atoms with Crippen molar-refractivity contribution < 1.29 is 14.1 Å². The molecule has 0 bridgehead atoms. The summed E-state index contributed by atoms with van der Waals surface area (Å²) in [6.45, 7) is 2.38. The van der Waals surface area contributed by atoms with Gasteiger partial charge >= 0.3 is 5.97 Å². The first-order chi connectivity index (χ1) is 13.5. The number of hydrogen-bond acceptors (Lipinski definition) is 6. The normalized spacial score (nSPS) is 17.9. The van der Waals surface area contributed by atoms with Gasteiger partial charge in [-0.1, -0.05) is 39.6 Å². The predicted molar refractivity (Wildman–Crippen MR) is 108 cm³/mol. The summed E-state index contributed by atoms with van der Waals surface area (Å²) in [5.41, 5.74) is 3.13. The number of aromatic amines is 1. The van der Waals surface area contributed by atoms with Crippen LogP contribution in [0.2, 0.25) is 0 Å². The molecule has 1 aromatic carbocycles. The zero-order valence-electron chi connectivity index (χ0n) is 15.2. The minimum Gasteiger partial charge on any atom is -0.456 e. The van der Waals surface area contributed by atoms with E-state index in [2.05, 4.69) is 28.6 Å². The summed E-state index contributed by atoms with van der Waals surface area (Å²) in [6.07, 6.45) is 3.65. The Morgan fingerprint density at radius 1 is 1.25 bits per heavy atom. The van der Waals surface area contributed by atoms with Crippen LogP contribution in [0.15, 0.2) is 64.2 Å². The molecule has 0 saturated heterocycles. The van der Waals surface area contributed by atoms with Gasteiger partial charge in [0.2, 0.25) is 6.54 Å². The lowest BCUT2D eigenvalue weighted by molar-refractivity contribution is -0.685. The Bertz CT molecular complexity index is 1110. The highest BCUT2D eigenvalue weighted by Gasteiger charge is 2.21. The average molecular weight is 412 g/mol. The van der Waals surface area contributed by atoms with E-state index in [0.717, 1.165) is 11.1 Å². The van der Waals surface area contributed by atoms with Crippen molar-refractivity contribution in [2.24, 2.45) is 9.39 Å². The molecule has 0 saturated carbocycles. The van der Waals surface area contributed by atoms with Gasteiger partial charge in [0, 0.05) is 29.6 Å². The lowest BCUT2D eigenvalue weighted by Gasteiger charge is -2.15. The Labute approximate surface area is 168 Å². The number of fused-ring (bicyclic) bond motifs is 1. The summed E-state index contributed by atoms with van der Waals surface area (Å²) in [5.74, 6) is 0.407. The van der Waals surface area contributed by atoms with Gasteiger partial charge in [0.25, 0.3) is 0 Å². The molecule has 1 aliphatic heterocycles. The number of pyridine rings is 1. The van der Waals surface area contributed by atoms with Crippen LogP contribution in [-0.4, -0.2) is 20.5 Å². The minimum atomic E-state index is -0.390. The van der Waals surface area contributed by atoms with E-state index in [-0.39, 0.29) is 23.7 Å². The third-order valence-electron chi connectivity index (χ3n) is 4.03. The third-order valence-corrected chi connectivity index (χ3v) is 5.21. The molecule has 142 valence electrons. The summed E-state index contributed by atoms with van der Waals surface area (Å²) in [5, 5.41) is 0. The van der Waals surface area contributed by atoms with Crippen molar-refractivity contribution in [2.45, 2.75) is 24.7 Å². The van der Waals surface area contributed by atoms with Crippen LogP contribution in [0, 0.1) is 0 Å². The van der Waals surface area contributed by atoms with E-state index >= 15 is 0 Å². The highest BCUT2D eigenvalue weighted by molar-refractivity contribution is 8.02. The van der Waals surface area contributed by atoms with Crippen molar-refractivity contribution >= 4 is 27.2 Å². The molecule has 28 heavy (non-hydrogen) atoms. The highest BCUT2D eigenvalue weighted by Crippen LogP contribution is 2.34. The fourth-order valence-corrected chi connectivity index (χ4v) is 3.47. The molecule has 2 aromatic heterocycles. The number of nitrogens with one attached hydrogen (secondary N) is 1. The fraction of sp³-hybridized carbons (Fsp3) is 0.211. The van der Waals surface area contributed by atoms with Gasteiger partial charge in [-0.15, -0.1) is 0 Å². The number of ether oxygens (including phenoxy) is 1. The molecule has 0 aliphatic carbocycles. The molecule has 0 amide bonds. The number of benzene rings is 1. The number of rotatable bonds is 5. The topological polar surface area (TPSA) is 83.6 Å². The number of carbonyl (C=O) groups is 1. The van der Waals surface area contributed by atoms with Crippen molar-refractivity contribution in [1.82, 2.24) is 9.97 Å². The molecule has 2 unspecified atom stereocenters. The SMILES string of the molecule is CC1(P)N=c2nc(-c3cc[n+](CC(=O)OCc4ccccc4)cc3)[nH]c2=NS1. The minimum absolute atomic E-state index is 0.147. The van der Waals surface area contributed by atoms with Gasteiger partial charge in [0.05, 0.1) is 0 Å². The number of aromatic nitrogens is 3. The Kier molecular flexibility index (Phi) is 5.24. The zero-order valence-corrected chi connectivity index (χ0v) is 17.2. The lowest BCUT2D eigenvalue weighted by Crippen LogP contribution is -2.37. The molecule has 4 rings (SSSR count). The van der Waals surface area contributed by atoms with E-state index in [1.165, 1.54) is 11.9 Å². The monoisotopic (exact) mass is 412 g/mol. The highest BCUT2D eigenvalue weighted by atomic mass is 32.2. The second-order valence-corrected chi connectivity index (χ2v) is 9.25. The van der Waals surface area contributed by atoms with Crippen molar-refractivity contribution in [3.05, 3.63) is 71.4 Å². The molecule has 0 radical (unpaired) electrons. The van der Waals surface area contributed by atoms with Crippen molar-refractivity contribution in [1.29, 1.82) is 0 Å². The standard InChI is InChI=1S/C19H19N5O2PS/c1-19(27)22-17-18(23-28-19)21-16(20-17)14-7-9-24(10-8-14)11-15(25)26-12-13-5-3-2-4-6-13/h2-10H,11-12,27H2,1H3,(H,20,21,22,23)/q+1. The maximum atomic E-state index is 12.0. The van der Waals surface area contributed by atoms with Crippen LogP contribution in [0.25, 0.3) is 11.4 Å². The Morgan fingerprint density at radius 3 is 2.75 bits per heavy atom. The Balaban J connectivity index is 1.42. The quantitative estimate of drug-likeness (QED) is 0.298. The van der Waals surface area contributed by atoms with Crippen LogP contribution in [-0.2, 0) is 22.7 Å². The number of carbonyl (C=O) groups excluding carboxylic acids is 1. The lowest BCUT2D eigenvalue weighted by atomic mass is 10.2. The van der Waals surface area contributed by atoms with E-state index in [0.29, 0.717) is 16.8 Å². The Morgan fingerprint density at radius 2 is 2.00 bits per heavy atom. The second-order valence-electron chi connectivity index (χ2n) is 6.51. The molecule has 7 nitrogen and oxygen atoms in total. The number of nitrogens with zero attached hydrogens (tertiary/aromatic N) is 4. The number of imidazole rings is 1. The first kappa shape index (κ1) is 18.8. The predicted octanol–water partition coefficient (Wildman–Crippen LogP) is 1.56. The van der Waals surface area contributed by atoms with Crippen molar-refractivity contribution in [3.8, 4) is 11.4 Å². The molecular weight excluding hydrogens is 393 g/mol. The van der Waals surface area contributed by atoms with Crippen LogP contribution in [0.4, 0.5) is 0 Å².